The zero-order valence-corrected chi connectivity index (χ0v) is 5.54. The van der Waals surface area contributed by atoms with Crippen molar-refractivity contribution in [2.45, 2.75) is 0 Å². The predicted molar refractivity (Wildman–Crippen MR) is 34.0 cm³/mol. The van der Waals surface area contributed by atoms with Gasteiger partial charge < -0.3 is 5.11 Å². The smallest absolute Gasteiger partial charge is 0.373 e. The van der Waals surface area contributed by atoms with Gasteiger partial charge in [0.05, 0.1) is 0 Å². The molecule has 1 rings (SSSR count). The van der Waals surface area contributed by atoms with Crippen LogP contribution in [0.4, 0.5) is 0 Å². The van der Waals surface area contributed by atoms with Crippen LogP contribution < -0.4 is 0 Å². The summed E-state index contributed by atoms with van der Waals surface area (Å²) in [7, 11) is 0. The number of halogens is 1. The van der Waals surface area contributed by atoms with Crippen molar-refractivity contribution in [2.24, 2.45) is 0 Å². The molecule has 0 aliphatic rings. The Morgan fingerprint density at radius 1 is 1.70 bits per heavy atom. The Balaban J connectivity index is 3.07. The van der Waals surface area contributed by atoms with Crippen molar-refractivity contribution in [2.75, 3.05) is 0 Å². The monoisotopic (exact) mass is 158 g/mol. The highest BCUT2D eigenvalue weighted by atomic mass is 35.5. The number of aromatic nitrogens is 2. The Hall–Kier alpha value is -1.16. The van der Waals surface area contributed by atoms with Crippen LogP contribution in [0.2, 0.25) is 5.15 Å². The van der Waals surface area contributed by atoms with Crippen LogP contribution >= 0.6 is 11.6 Å². The number of rotatable bonds is 1. The molecule has 0 bridgehead atoms. The van der Waals surface area contributed by atoms with Gasteiger partial charge in [-0.05, 0) is 6.07 Å². The summed E-state index contributed by atoms with van der Waals surface area (Å²) in [5.74, 6) is -1.46. The number of aromatic carboxylic acids is 1. The summed E-state index contributed by atoms with van der Waals surface area (Å²) in [4.78, 5) is 17.0. The molecule has 1 aromatic heterocycles. The maximum Gasteiger partial charge on any atom is 0.373 e. The summed E-state index contributed by atoms with van der Waals surface area (Å²) in [6, 6.07) is 1.41. The average Bonchev–Trinajstić information content (AvgIpc) is 1.88. The molecule has 10 heavy (non-hydrogen) atoms. The van der Waals surface area contributed by atoms with Gasteiger partial charge in [-0.1, -0.05) is 11.6 Å². The molecule has 4 nitrogen and oxygen atoms in total. The van der Waals surface area contributed by atoms with Gasteiger partial charge in [-0.25, -0.2) is 14.8 Å². The Morgan fingerprint density at radius 2 is 2.40 bits per heavy atom. The van der Waals surface area contributed by atoms with Crippen LogP contribution in [-0.2, 0) is 0 Å². The minimum Gasteiger partial charge on any atom is -0.475 e. The van der Waals surface area contributed by atoms with E-state index in [0.29, 0.717) is 0 Å². The Labute approximate surface area is 61.5 Å². The molecule has 1 N–H and O–H groups in total. The molecule has 0 amide bonds. The molecule has 0 spiro atoms. The van der Waals surface area contributed by atoms with Crippen molar-refractivity contribution < 1.29 is 9.90 Å². The fraction of sp³-hybridized carbons (Fsp3) is 0. The molecule has 1 aromatic rings. The average molecular weight is 159 g/mol. The van der Waals surface area contributed by atoms with E-state index in [1.54, 1.807) is 0 Å². The Morgan fingerprint density at radius 3 is 2.80 bits per heavy atom. The first kappa shape index (κ1) is 6.95. The van der Waals surface area contributed by atoms with Crippen LogP contribution in [0.3, 0.4) is 0 Å². The first-order chi connectivity index (χ1) is 4.70. The van der Waals surface area contributed by atoms with Gasteiger partial charge in [0.2, 0.25) is 5.82 Å². The van der Waals surface area contributed by atoms with Gasteiger partial charge in [0.15, 0.2) is 0 Å². The van der Waals surface area contributed by atoms with Crippen LogP contribution in [0.25, 0.3) is 0 Å². The fourth-order valence-electron chi connectivity index (χ4n) is 0.440. The number of carbonyl (C=O) groups is 1. The summed E-state index contributed by atoms with van der Waals surface area (Å²) in [5.41, 5.74) is 0. The van der Waals surface area contributed by atoms with Crippen molar-refractivity contribution in [1.82, 2.24) is 9.97 Å². The topological polar surface area (TPSA) is 63.1 Å². The first-order valence-electron chi connectivity index (χ1n) is 2.42. The number of hydrogen-bond donors (Lipinski definition) is 1. The van der Waals surface area contributed by atoms with Gasteiger partial charge in [-0.2, -0.15) is 0 Å². The second-order valence-electron chi connectivity index (χ2n) is 1.51. The highest BCUT2D eigenvalue weighted by Crippen LogP contribution is 2.01. The van der Waals surface area contributed by atoms with Crippen LogP contribution in [0, 0.1) is 0 Å². The zero-order chi connectivity index (χ0) is 7.56. The Kier molecular flexibility index (Phi) is 1.82. The summed E-state index contributed by atoms with van der Waals surface area (Å²) in [6.45, 7) is 0. The SMILES string of the molecule is O=C(O)c1nccc(Cl)n1. The van der Waals surface area contributed by atoms with E-state index < -0.39 is 5.97 Å². The van der Waals surface area contributed by atoms with Crippen LogP contribution in [0.5, 0.6) is 0 Å². The highest BCUT2D eigenvalue weighted by molar-refractivity contribution is 6.29. The van der Waals surface area contributed by atoms with Crippen molar-refractivity contribution in [3.63, 3.8) is 0 Å². The van der Waals surface area contributed by atoms with E-state index >= 15 is 0 Å². The summed E-state index contributed by atoms with van der Waals surface area (Å²) >= 11 is 5.37. The third-order valence-corrected chi connectivity index (χ3v) is 1.02. The van der Waals surface area contributed by atoms with Crippen molar-refractivity contribution in [3.8, 4) is 0 Å². The highest BCUT2D eigenvalue weighted by Gasteiger charge is 2.04. The molecule has 0 aliphatic heterocycles. The van der Waals surface area contributed by atoms with Gasteiger partial charge >= 0.3 is 5.97 Å². The second-order valence-corrected chi connectivity index (χ2v) is 1.90. The quantitative estimate of drug-likeness (QED) is 0.615. The lowest BCUT2D eigenvalue weighted by Crippen LogP contribution is -2.02. The van der Waals surface area contributed by atoms with E-state index in [0.717, 1.165) is 0 Å². The largest absolute Gasteiger partial charge is 0.475 e. The zero-order valence-electron chi connectivity index (χ0n) is 4.78. The van der Waals surface area contributed by atoms with E-state index in [4.69, 9.17) is 16.7 Å². The number of nitrogens with zero attached hydrogens (tertiary/aromatic N) is 2. The lowest BCUT2D eigenvalue weighted by molar-refractivity contribution is 0.0683. The molecule has 5 heteroatoms. The number of carboxylic acid groups (broad SMARTS) is 1. The van der Waals surface area contributed by atoms with Crippen LogP contribution in [0.1, 0.15) is 10.6 Å². The second kappa shape index (κ2) is 2.62. The van der Waals surface area contributed by atoms with E-state index in [1.807, 2.05) is 0 Å². The molecular formula is C5H3ClN2O2. The van der Waals surface area contributed by atoms with E-state index in [9.17, 15) is 4.79 Å². The molecule has 0 aliphatic carbocycles. The third-order valence-electron chi connectivity index (χ3n) is 0.813. The molecule has 0 saturated carbocycles. The van der Waals surface area contributed by atoms with Crippen LogP contribution in [0.15, 0.2) is 12.3 Å². The maximum atomic E-state index is 10.2. The summed E-state index contributed by atoms with van der Waals surface area (Å²) in [6.07, 6.45) is 1.29. The minimum absolute atomic E-state index is 0.132. The first-order valence-corrected chi connectivity index (χ1v) is 2.80. The molecule has 0 radical (unpaired) electrons. The van der Waals surface area contributed by atoms with Gasteiger partial charge in [0, 0.05) is 6.20 Å². The summed E-state index contributed by atoms with van der Waals surface area (Å²) < 4.78 is 0. The predicted octanol–water partition coefficient (Wildman–Crippen LogP) is 0.828. The van der Waals surface area contributed by atoms with Crippen molar-refractivity contribution in [1.29, 1.82) is 0 Å². The van der Waals surface area contributed by atoms with E-state index in [-0.39, 0.29) is 11.0 Å². The van der Waals surface area contributed by atoms with E-state index in [1.165, 1.54) is 12.3 Å². The molecule has 0 saturated heterocycles. The molecule has 52 valence electrons. The summed E-state index contributed by atoms with van der Waals surface area (Å²) in [5, 5.41) is 8.46. The molecular weight excluding hydrogens is 156 g/mol. The van der Waals surface area contributed by atoms with Crippen molar-refractivity contribution in [3.05, 3.63) is 23.2 Å². The van der Waals surface area contributed by atoms with Gasteiger partial charge in [-0.3, -0.25) is 0 Å². The standard InChI is InChI=1S/C5H3ClN2O2/c6-3-1-2-7-4(8-3)5(9)10/h1-2H,(H,9,10). The molecule has 0 unspecified atom stereocenters. The van der Waals surface area contributed by atoms with Crippen LogP contribution in [-0.4, -0.2) is 21.0 Å². The Bertz CT molecular complexity index is 264. The van der Waals surface area contributed by atoms with E-state index in [2.05, 4.69) is 9.97 Å². The van der Waals surface area contributed by atoms with Gasteiger partial charge in [0.25, 0.3) is 0 Å². The maximum absolute atomic E-state index is 10.2. The molecule has 0 fully saturated rings. The molecule has 1 heterocycles. The molecule has 0 aromatic carbocycles. The normalized spacial score (nSPS) is 9.30. The lowest BCUT2D eigenvalue weighted by Gasteiger charge is -1.90. The number of carboxylic acids is 1. The van der Waals surface area contributed by atoms with Crippen molar-refractivity contribution >= 4 is 17.6 Å². The molecule has 0 atom stereocenters. The number of hydrogen-bond acceptors (Lipinski definition) is 3. The fourth-order valence-corrected chi connectivity index (χ4v) is 0.576. The lowest BCUT2D eigenvalue weighted by atomic mass is 10.6. The van der Waals surface area contributed by atoms with Gasteiger partial charge in [0.1, 0.15) is 5.15 Å². The third kappa shape index (κ3) is 1.41. The van der Waals surface area contributed by atoms with Gasteiger partial charge in [-0.15, -0.1) is 0 Å². The minimum atomic E-state index is -1.18.